The normalized spacial score (nSPS) is 10.3. The van der Waals surface area contributed by atoms with Crippen molar-refractivity contribution >= 4 is 11.9 Å². The highest BCUT2D eigenvalue weighted by Gasteiger charge is 2.16. The third-order valence-electron chi connectivity index (χ3n) is 2.89. The predicted molar refractivity (Wildman–Crippen MR) is 74.5 cm³/mol. The first-order valence-corrected chi connectivity index (χ1v) is 6.65. The van der Waals surface area contributed by atoms with E-state index in [-0.39, 0.29) is 18.3 Å². The van der Waals surface area contributed by atoms with Gasteiger partial charge in [0.25, 0.3) is 5.91 Å². The number of nitrogens with zero attached hydrogens (tertiary/aromatic N) is 2. The van der Waals surface area contributed by atoms with E-state index in [1.165, 1.54) is 4.90 Å². The van der Waals surface area contributed by atoms with E-state index < -0.39 is 0 Å². The molecule has 20 heavy (non-hydrogen) atoms. The van der Waals surface area contributed by atoms with Gasteiger partial charge in [0, 0.05) is 33.4 Å². The van der Waals surface area contributed by atoms with Crippen LogP contribution < -0.4 is 0 Å². The maximum Gasteiger partial charge on any atom is 0.307 e. The first kappa shape index (κ1) is 16.2. The summed E-state index contributed by atoms with van der Waals surface area (Å²) in [7, 11) is 3.30. The largest absolute Gasteiger partial charge is 0.466 e. The Labute approximate surface area is 119 Å². The molecule has 6 heteroatoms. The minimum atomic E-state index is -0.290. The fourth-order valence-electron chi connectivity index (χ4n) is 1.78. The Kier molecular flexibility index (Phi) is 6.79. The lowest BCUT2D eigenvalue weighted by atomic mass is 10.3. The van der Waals surface area contributed by atoms with E-state index in [1.54, 1.807) is 27.1 Å². The summed E-state index contributed by atoms with van der Waals surface area (Å²) in [5, 5.41) is 0. The van der Waals surface area contributed by atoms with Gasteiger partial charge in [0.1, 0.15) is 5.69 Å². The molecule has 0 fully saturated rings. The molecule has 1 heterocycles. The van der Waals surface area contributed by atoms with Crippen LogP contribution in [0.5, 0.6) is 0 Å². The topological polar surface area (TPSA) is 60.8 Å². The van der Waals surface area contributed by atoms with E-state index in [1.807, 2.05) is 16.8 Å². The van der Waals surface area contributed by atoms with Crippen molar-refractivity contribution in [2.45, 2.75) is 19.9 Å². The maximum atomic E-state index is 12.3. The quantitative estimate of drug-likeness (QED) is 0.671. The highest BCUT2D eigenvalue weighted by molar-refractivity contribution is 5.92. The molecule has 6 nitrogen and oxygen atoms in total. The molecular formula is C14H22N2O4. The minimum absolute atomic E-state index is 0.115. The molecule has 112 valence electrons. The second kappa shape index (κ2) is 8.37. The van der Waals surface area contributed by atoms with E-state index >= 15 is 0 Å². The molecule has 0 aliphatic carbocycles. The molecule has 1 rings (SSSR count). The van der Waals surface area contributed by atoms with E-state index in [2.05, 4.69) is 0 Å². The summed E-state index contributed by atoms with van der Waals surface area (Å²) in [6.45, 7) is 3.62. The summed E-state index contributed by atoms with van der Waals surface area (Å²) in [6.07, 6.45) is 2.04. The number of carbonyl (C=O) groups is 2. The molecule has 0 radical (unpaired) electrons. The molecule has 1 aromatic heterocycles. The summed E-state index contributed by atoms with van der Waals surface area (Å²) in [5.74, 6) is -0.405. The van der Waals surface area contributed by atoms with Gasteiger partial charge in [0.2, 0.25) is 0 Å². The van der Waals surface area contributed by atoms with Crippen molar-refractivity contribution in [3.05, 3.63) is 24.0 Å². The second-order valence-corrected chi connectivity index (χ2v) is 4.36. The Hall–Kier alpha value is -1.82. The molecule has 0 aliphatic heterocycles. The predicted octanol–water partition coefficient (Wildman–Crippen LogP) is 1.16. The van der Waals surface area contributed by atoms with Crippen LogP contribution in [-0.2, 0) is 20.8 Å². The number of rotatable bonds is 8. The SMILES string of the molecule is CCOC(=O)CCN(C)C(=O)c1cccn1CCOC. The van der Waals surface area contributed by atoms with E-state index in [0.717, 1.165) is 0 Å². The minimum Gasteiger partial charge on any atom is -0.466 e. The van der Waals surface area contributed by atoms with Crippen LogP contribution in [0.2, 0.25) is 0 Å². The van der Waals surface area contributed by atoms with E-state index in [0.29, 0.717) is 32.0 Å². The lowest BCUT2D eigenvalue weighted by molar-refractivity contribution is -0.143. The summed E-state index contributed by atoms with van der Waals surface area (Å²) in [6, 6.07) is 3.58. The fourth-order valence-corrected chi connectivity index (χ4v) is 1.78. The van der Waals surface area contributed by atoms with Gasteiger partial charge in [-0.3, -0.25) is 9.59 Å². The van der Waals surface area contributed by atoms with Crippen molar-refractivity contribution in [2.75, 3.05) is 33.9 Å². The number of amides is 1. The molecule has 0 saturated heterocycles. The highest BCUT2D eigenvalue weighted by Crippen LogP contribution is 2.06. The number of aromatic nitrogens is 1. The van der Waals surface area contributed by atoms with Gasteiger partial charge in [-0.25, -0.2) is 0 Å². The van der Waals surface area contributed by atoms with Gasteiger partial charge in [-0.1, -0.05) is 0 Å². The lowest BCUT2D eigenvalue weighted by Gasteiger charge is -2.18. The van der Waals surface area contributed by atoms with Crippen LogP contribution in [0.4, 0.5) is 0 Å². The van der Waals surface area contributed by atoms with Gasteiger partial charge in [-0.05, 0) is 19.1 Å². The Balaban J connectivity index is 2.56. The van der Waals surface area contributed by atoms with E-state index in [4.69, 9.17) is 9.47 Å². The van der Waals surface area contributed by atoms with E-state index in [9.17, 15) is 9.59 Å². The van der Waals surface area contributed by atoms with Crippen molar-refractivity contribution in [1.29, 1.82) is 0 Å². The van der Waals surface area contributed by atoms with Gasteiger partial charge in [0.05, 0.1) is 19.6 Å². The molecule has 0 spiro atoms. The highest BCUT2D eigenvalue weighted by atomic mass is 16.5. The second-order valence-electron chi connectivity index (χ2n) is 4.36. The van der Waals surface area contributed by atoms with Crippen molar-refractivity contribution in [3.8, 4) is 0 Å². The number of hydrogen-bond donors (Lipinski definition) is 0. The third kappa shape index (κ3) is 4.70. The molecule has 0 aromatic carbocycles. The van der Waals surface area contributed by atoms with Crippen LogP contribution in [0.1, 0.15) is 23.8 Å². The van der Waals surface area contributed by atoms with Crippen molar-refractivity contribution in [2.24, 2.45) is 0 Å². The summed E-state index contributed by atoms with van der Waals surface area (Å²) < 4.78 is 11.7. The smallest absolute Gasteiger partial charge is 0.307 e. The molecule has 0 atom stereocenters. The van der Waals surface area contributed by atoms with Crippen LogP contribution in [0.3, 0.4) is 0 Å². The van der Waals surface area contributed by atoms with Crippen LogP contribution >= 0.6 is 0 Å². The first-order chi connectivity index (χ1) is 9.60. The van der Waals surface area contributed by atoms with Gasteiger partial charge in [-0.15, -0.1) is 0 Å². The van der Waals surface area contributed by atoms with Gasteiger partial charge >= 0.3 is 5.97 Å². The zero-order valence-corrected chi connectivity index (χ0v) is 12.3. The Morgan fingerprint density at radius 3 is 2.80 bits per heavy atom. The summed E-state index contributed by atoms with van der Waals surface area (Å²) in [4.78, 5) is 25.1. The lowest BCUT2D eigenvalue weighted by Crippen LogP contribution is -2.31. The Bertz CT molecular complexity index is 442. The molecule has 0 unspecified atom stereocenters. The molecule has 1 amide bonds. The summed E-state index contributed by atoms with van der Waals surface area (Å²) >= 11 is 0. The first-order valence-electron chi connectivity index (χ1n) is 6.65. The monoisotopic (exact) mass is 282 g/mol. The standard InChI is InChI=1S/C14H22N2O4/c1-4-20-13(17)7-9-15(2)14(18)12-6-5-8-16(12)10-11-19-3/h5-6,8H,4,7,9-11H2,1-3H3. The number of carbonyl (C=O) groups excluding carboxylic acids is 2. The van der Waals surface area contributed by atoms with Crippen LogP contribution in [0, 0.1) is 0 Å². The van der Waals surface area contributed by atoms with Crippen molar-refractivity contribution in [3.63, 3.8) is 0 Å². The number of esters is 1. The average molecular weight is 282 g/mol. The summed E-state index contributed by atoms with van der Waals surface area (Å²) in [5.41, 5.74) is 0.591. The van der Waals surface area contributed by atoms with Gasteiger partial charge in [0.15, 0.2) is 0 Å². The molecule has 0 bridgehead atoms. The Morgan fingerprint density at radius 2 is 2.15 bits per heavy atom. The van der Waals surface area contributed by atoms with Gasteiger partial charge in [-0.2, -0.15) is 0 Å². The molecule has 1 aromatic rings. The number of methoxy groups -OCH3 is 1. The van der Waals surface area contributed by atoms with Crippen LogP contribution in [-0.4, -0.2) is 55.3 Å². The van der Waals surface area contributed by atoms with Crippen LogP contribution in [0.25, 0.3) is 0 Å². The van der Waals surface area contributed by atoms with Crippen molar-refractivity contribution in [1.82, 2.24) is 9.47 Å². The maximum absolute atomic E-state index is 12.3. The molecule has 0 N–H and O–H groups in total. The van der Waals surface area contributed by atoms with Crippen molar-refractivity contribution < 1.29 is 19.1 Å². The average Bonchev–Trinajstić information content (AvgIpc) is 2.90. The fraction of sp³-hybridized carbons (Fsp3) is 0.571. The molecule has 0 aliphatic rings. The number of hydrogen-bond acceptors (Lipinski definition) is 4. The zero-order chi connectivity index (χ0) is 15.0. The number of ether oxygens (including phenoxy) is 2. The van der Waals surface area contributed by atoms with Gasteiger partial charge < -0.3 is 18.9 Å². The van der Waals surface area contributed by atoms with Crippen LogP contribution in [0.15, 0.2) is 18.3 Å². The third-order valence-corrected chi connectivity index (χ3v) is 2.89. The molecular weight excluding hydrogens is 260 g/mol. The Morgan fingerprint density at radius 1 is 1.40 bits per heavy atom. The molecule has 0 saturated carbocycles. The zero-order valence-electron chi connectivity index (χ0n) is 12.3.